The van der Waals surface area contributed by atoms with Crippen molar-refractivity contribution in [3.63, 3.8) is 0 Å². The zero-order valence-corrected chi connectivity index (χ0v) is 15.9. The fourth-order valence-corrected chi connectivity index (χ4v) is 4.18. The Labute approximate surface area is 163 Å². The molecule has 0 radical (unpaired) electrons. The highest BCUT2D eigenvalue weighted by Crippen LogP contribution is 2.24. The fraction of sp³-hybridized carbons (Fsp3) is 0.286. The van der Waals surface area contributed by atoms with Gasteiger partial charge in [-0.05, 0) is 30.5 Å². The topological polar surface area (TPSA) is 51.0 Å². The number of hydrogen-bond acceptors (Lipinski definition) is 4. The fourth-order valence-electron chi connectivity index (χ4n) is 3.31. The van der Waals surface area contributed by atoms with Gasteiger partial charge in [-0.1, -0.05) is 60.3 Å². The van der Waals surface area contributed by atoms with E-state index in [0.717, 1.165) is 42.6 Å². The van der Waals surface area contributed by atoms with Gasteiger partial charge in [-0.15, -0.1) is 10.2 Å². The number of amides is 1. The highest BCUT2D eigenvalue weighted by Gasteiger charge is 2.20. The largest absolute Gasteiger partial charge is 0.342 e. The van der Waals surface area contributed by atoms with E-state index in [0.29, 0.717) is 12.2 Å². The molecule has 0 aliphatic carbocycles. The third-order valence-corrected chi connectivity index (χ3v) is 5.62. The van der Waals surface area contributed by atoms with Crippen LogP contribution >= 0.6 is 11.8 Å². The Hall–Kier alpha value is -2.60. The lowest BCUT2D eigenvalue weighted by Gasteiger charge is -2.15. The lowest BCUT2D eigenvalue weighted by molar-refractivity contribution is -0.127. The van der Waals surface area contributed by atoms with Crippen LogP contribution < -0.4 is 0 Å². The van der Waals surface area contributed by atoms with E-state index in [-0.39, 0.29) is 5.91 Å². The zero-order chi connectivity index (χ0) is 18.5. The summed E-state index contributed by atoms with van der Waals surface area (Å²) in [6.45, 7) is 1.76. The van der Waals surface area contributed by atoms with E-state index in [4.69, 9.17) is 0 Å². The van der Waals surface area contributed by atoms with Crippen LogP contribution in [0.5, 0.6) is 0 Å². The average molecular weight is 379 g/mol. The smallest absolute Gasteiger partial charge is 0.233 e. The number of likely N-dealkylation sites (tertiary alicyclic amines) is 1. The van der Waals surface area contributed by atoms with Crippen LogP contribution in [-0.2, 0) is 11.2 Å². The van der Waals surface area contributed by atoms with Crippen molar-refractivity contribution < 1.29 is 4.79 Å². The molecule has 0 bridgehead atoms. The number of hydrogen-bond donors (Lipinski definition) is 0. The minimum Gasteiger partial charge on any atom is -0.342 e. The van der Waals surface area contributed by atoms with Crippen LogP contribution in [0.15, 0.2) is 65.8 Å². The van der Waals surface area contributed by atoms with Crippen molar-refractivity contribution in [2.75, 3.05) is 18.8 Å². The number of thioether (sulfide) groups is 1. The highest BCUT2D eigenvalue weighted by molar-refractivity contribution is 7.99. The third kappa shape index (κ3) is 4.22. The van der Waals surface area contributed by atoms with Gasteiger partial charge >= 0.3 is 0 Å². The summed E-state index contributed by atoms with van der Waals surface area (Å²) in [5, 5.41) is 9.59. The second-order valence-electron chi connectivity index (χ2n) is 6.61. The van der Waals surface area contributed by atoms with E-state index >= 15 is 0 Å². The molecule has 2 heterocycles. The number of nitrogens with zero attached hydrogens (tertiary/aromatic N) is 4. The molecule has 0 saturated carbocycles. The number of benzene rings is 2. The van der Waals surface area contributed by atoms with E-state index in [1.807, 2.05) is 53.4 Å². The lowest BCUT2D eigenvalue weighted by Crippen LogP contribution is -2.29. The SMILES string of the molecule is O=C(CSc1nnc(Cc2ccccc2)n1-c1ccccc1)N1CCCC1. The van der Waals surface area contributed by atoms with Gasteiger partial charge in [0.15, 0.2) is 5.16 Å². The second kappa shape index (κ2) is 8.39. The van der Waals surface area contributed by atoms with Crippen molar-refractivity contribution in [3.8, 4) is 5.69 Å². The molecule has 0 N–H and O–H groups in total. The van der Waals surface area contributed by atoms with E-state index in [1.54, 1.807) is 0 Å². The summed E-state index contributed by atoms with van der Waals surface area (Å²) in [7, 11) is 0. The van der Waals surface area contributed by atoms with E-state index in [1.165, 1.54) is 17.3 Å². The molecule has 3 aromatic rings. The number of para-hydroxylation sites is 1. The molecule has 1 saturated heterocycles. The minimum atomic E-state index is 0.185. The first kappa shape index (κ1) is 17.8. The van der Waals surface area contributed by atoms with Gasteiger partial charge in [0.1, 0.15) is 5.82 Å². The van der Waals surface area contributed by atoms with Crippen LogP contribution in [0.25, 0.3) is 5.69 Å². The summed E-state index contributed by atoms with van der Waals surface area (Å²) in [5.74, 6) is 1.46. The van der Waals surface area contributed by atoms with E-state index in [2.05, 4.69) is 26.9 Å². The number of carbonyl (C=O) groups is 1. The number of carbonyl (C=O) groups excluding carboxylic acids is 1. The van der Waals surface area contributed by atoms with Gasteiger partial charge in [0.2, 0.25) is 5.91 Å². The predicted molar refractivity (Wildman–Crippen MR) is 107 cm³/mol. The molecular formula is C21H22N4OS. The van der Waals surface area contributed by atoms with Crippen molar-refractivity contribution >= 4 is 17.7 Å². The molecule has 1 amide bonds. The number of aromatic nitrogens is 3. The highest BCUT2D eigenvalue weighted by atomic mass is 32.2. The lowest BCUT2D eigenvalue weighted by atomic mass is 10.1. The molecule has 27 heavy (non-hydrogen) atoms. The van der Waals surface area contributed by atoms with Crippen molar-refractivity contribution in [1.82, 2.24) is 19.7 Å². The molecule has 138 valence electrons. The Kier molecular flexibility index (Phi) is 5.53. The van der Waals surface area contributed by atoms with Gasteiger partial charge in [-0.25, -0.2) is 0 Å². The summed E-state index contributed by atoms with van der Waals surface area (Å²) in [6, 6.07) is 20.4. The Morgan fingerprint density at radius 1 is 0.926 bits per heavy atom. The predicted octanol–water partition coefficient (Wildman–Crippen LogP) is 3.57. The summed E-state index contributed by atoms with van der Waals surface area (Å²) < 4.78 is 2.06. The van der Waals surface area contributed by atoms with Crippen molar-refractivity contribution in [3.05, 3.63) is 72.1 Å². The third-order valence-electron chi connectivity index (χ3n) is 4.70. The first-order chi connectivity index (χ1) is 13.3. The maximum atomic E-state index is 12.4. The molecule has 0 spiro atoms. The van der Waals surface area contributed by atoms with E-state index in [9.17, 15) is 4.79 Å². The first-order valence-electron chi connectivity index (χ1n) is 9.25. The molecule has 1 aliphatic heterocycles. The Bertz CT molecular complexity index is 889. The zero-order valence-electron chi connectivity index (χ0n) is 15.1. The monoisotopic (exact) mass is 378 g/mol. The van der Waals surface area contributed by atoms with Crippen LogP contribution in [0.3, 0.4) is 0 Å². The molecule has 2 aromatic carbocycles. The van der Waals surface area contributed by atoms with Gasteiger partial charge < -0.3 is 4.90 Å². The molecule has 6 heteroatoms. The number of rotatable bonds is 6. The van der Waals surface area contributed by atoms with E-state index < -0.39 is 0 Å². The first-order valence-corrected chi connectivity index (χ1v) is 10.2. The summed E-state index contributed by atoms with van der Waals surface area (Å²) in [6.07, 6.45) is 2.92. The quantitative estimate of drug-likeness (QED) is 0.615. The maximum absolute atomic E-state index is 12.4. The standard InChI is InChI=1S/C21H22N4OS/c26-20(24-13-7-8-14-24)16-27-21-23-22-19(15-17-9-3-1-4-10-17)25(21)18-11-5-2-6-12-18/h1-6,9-12H,7-8,13-16H2. The molecule has 5 nitrogen and oxygen atoms in total. The van der Waals surface area contributed by atoms with Crippen LogP contribution in [0.4, 0.5) is 0 Å². The van der Waals surface area contributed by atoms with Gasteiger partial charge in [0, 0.05) is 25.2 Å². The minimum absolute atomic E-state index is 0.185. The summed E-state index contributed by atoms with van der Waals surface area (Å²) in [4.78, 5) is 14.4. The second-order valence-corrected chi connectivity index (χ2v) is 7.55. The molecule has 1 fully saturated rings. The summed E-state index contributed by atoms with van der Waals surface area (Å²) >= 11 is 1.47. The van der Waals surface area contributed by atoms with Crippen molar-refractivity contribution in [2.45, 2.75) is 24.4 Å². The molecule has 1 aromatic heterocycles. The molecular weight excluding hydrogens is 356 g/mol. The Balaban J connectivity index is 1.58. The Morgan fingerprint density at radius 3 is 2.30 bits per heavy atom. The maximum Gasteiger partial charge on any atom is 0.233 e. The Morgan fingerprint density at radius 2 is 1.59 bits per heavy atom. The van der Waals surface area contributed by atoms with Gasteiger partial charge in [-0.2, -0.15) is 0 Å². The van der Waals surface area contributed by atoms with Crippen LogP contribution in [-0.4, -0.2) is 44.4 Å². The van der Waals surface area contributed by atoms with Gasteiger partial charge in [0.05, 0.1) is 5.75 Å². The van der Waals surface area contributed by atoms with Gasteiger partial charge in [0.25, 0.3) is 0 Å². The van der Waals surface area contributed by atoms with Crippen molar-refractivity contribution in [2.24, 2.45) is 0 Å². The van der Waals surface area contributed by atoms with Gasteiger partial charge in [-0.3, -0.25) is 9.36 Å². The molecule has 4 rings (SSSR count). The van der Waals surface area contributed by atoms with Crippen molar-refractivity contribution in [1.29, 1.82) is 0 Å². The van der Waals surface area contributed by atoms with Crippen LogP contribution in [0.1, 0.15) is 24.2 Å². The van der Waals surface area contributed by atoms with Crippen LogP contribution in [0, 0.1) is 0 Å². The molecule has 1 aliphatic rings. The average Bonchev–Trinajstić information content (AvgIpc) is 3.38. The van der Waals surface area contributed by atoms with Crippen LogP contribution in [0.2, 0.25) is 0 Å². The summed E-state index contributed by atoms with van der Waals surface area (Å²) in [5.41, 5.74) is 2.20. The molecule has 0 unspecified atom stereocenters. The molecule has 0 atom stereocenters. The normalized spacial score (nSPS) is 13.9.